The van der Waals surface area contributed by atoms with Crippen molar-refractivity contribution < 1.29 is 18.0 Å². The van der Waals surface area contributed by atoms with Gasteiger partial charge in [-0.25, -0.2) is 8.42 Å². The highest BCUT2D eigenvalue weighted by Crippen LogP contribution is 2.29. The van der Waals surface area contributed by atoms with Crippen LogP contribution in [0.3, 0.4) is 0 Å². The molecule has 0 unspecified atom stereocenters. The first kappa shape index (κ1) is 32.4. The Morgan fingerprint density at radius 3 is 2.07 bits per heavy atom. The molecule has 0 saturated heterocycles. The van der Waals surface area contributed by atoms with Gasteiger partial charge in [-0.15, -0.1) is 0 Å². The van der Waals surface area contributed by atoms with Gasteiger partial charge < -0.3 is 10.2 Å². The lowest BCUT2D eigenvalue weighted by molar-refractivity contribution is -0.140. The number of amides is 2. The van der Waals surface area contributed by atoms with Crippen LogP contribution >= 0.6 is 46.4 Å². The number of hydrogen-bond acceptors (Lipinski definition) is 4. The summed E-state index contributed by atoms with van der Waals surface area (Å²) >= 11 is 24.7. The quantitative estimate of drug-likeness (QED) is 0.244. The molecule has 0 bridgehead atoms. The van der Waals surface area contributed by atoms with Crippen LogP contribution < -0.4 is 9.62 Å². The minimum atomic E-state index is -3.94. The highest BCUT2D eigenvalue weighted by molar-refractivity contribution is 7.92. The number of rotatable bonds is 11. The standard InChI is InChI=1S/C30H31Cl4N3O4S/c1-42(40,41)37(23-12-14-25(32)27(34)17-23)19-29(38)36(18-21-11-13-24(31)26(33)15-21)28(16-20-7-3-2-4-8-20)30(39)35-22-9-5-6-10-22/h2-4,7-8,11-15,17,22,28H,5-6,9-10,16,18-19H2,1H3,(H,35,39)/t28-/m1/s1. The van der Waals surface area contributed by atoms with Crippen molar-refractivity contribution >= 4 is 73.9 Å². The maximum atomic E-state index is 14.2. The lowest BCUT2D eigenvalue weighted by Crippen LogP contribution is -2.54. The summed E-state index contributed by atoms with van der Waals surface area (Å²) in [5, 5.41) is 4.15. The summed E-state index contributed by atoms with van der Waals surface area (Å²) in [5.41, 5.74) is 1.65. The number of nitrogens with one attached hydrogen (secondary N) is 1. The van der Waals surface area contributed by atoms with E-state index in [0.29, 0.717) is 15.6 Å². The largest absolute Gasteiger partial charge is 0.352 e. The third-order valence-electron chi connectivity index (χ3n) is 7.18. The monoisotopic (exact) mass is 669 g/mol. The molecule has 0 radical (unpaired) electrons. The Morgan fingerprint density at radius 2 is 1.48 bits per heavy atom. The first-order valence-electron chi connectivity index (χ1n) is 13.4. The average Bonchev–Trinajstić information content (AvgIpc) is 3.45. The molecule has 7 nitrogen and oxygen atoms in total. The highest BCUT2D eigenvalue weighted by atomic mass is 35.5. The second-order valence-electron chi connectivity index (χ2n) is 10.3. The van der Waals surface area contributed by atoms with Gasteiger partial charge in [0.05, 0.1) is 32.0 Å². The van der Waals surface area contributed by atoms with Gasteiger partial charge in [0, 0.05) is 19.0 Å². The maximum absolute atomic E-state index is 14.2. The number of anilines is 1. The lowest BCUT2D eigenvalue weighted by atomic mass is 10.0. The van der Waals surface area contributed by atoms with E-state index in [2.05, 4.69) is 5.32 Å². The van der Waals surface area contributed by atoms with E-state index in [4.69, 9.17) is 46.4 Å². The Morgan fingerprint density at radius 1 is 0.857 bits per heavy atom. The van der Waals surface area contributed by atoms with Gasteiger partial charge in [0.15, 0.2) is 0 Å². The van der Waals surface area contributed by atoms with E-state index >= 15 is 0 Å². The molecule has 12 heteroatoms. The van der Waals surface area contributed by atoms with Crippen molar-refractivity contribution in [3.63, 3.8) is 0 Å². The molecule has 42 heavy (non-hydrogen) atoms. The number of halogens is 4. The molecule has 0 aromatic heterocycles. The summed E-state index contributed by atoms with van der Waals surface area (Å²) in [7, 11) is -3.94. The second-order valence-corrected chi connectivity index (χ2v) is 13.9. The average molecular weight is 671 g/mol. The zero-order valence-electron chi connectivity index (χ0n) is 22.9. The Kier molecular flexibility index (Phi) is 11.1. The number of sulfonamides is 1. The normalized spacial score (nSPS) is 14.4. The molecular formula is C30H31Cl4N3O4S. The van der Waals surface area contributed by atoms with E-state index in [9.17, 15) is 18.0 Å². The van der Waals surface area contributed by atoms with Crippen LogP contribution in [0.1, 0.15) is 36.8 Å². The number of benzene rings is 3. The van der Waals surface area contributed by atoms with Crippen LogP contribution in [0.2, 0.25) is 20.1 Å². The summed E-state index contributed by atoms with van der Waals surface area (Å²) in [6.07, 6.45) is 4.99. The van der Waals surface area contributed by atoms with E-state index in [1.807, 2.05) is 30.3 Å². The topological polar surface area (TPSA) is 86.8 Å². The Balaban J connectivity index is 1.74. The van der Waals surface area contributed by atoms with Crippen molar-refractivity contribution in [3.05, 3.63) is 97.9 Å². The molecule has 0 spiro atoms. The van der Waals surface area contributed by atoms with Gasteiger partial charge in [-0.2, -0.15) is 0 Å². The number of carbonyl (C=O) groups excluding carboxylic acids is 2. The minimum Gasteiger partial charge on any atom is -0.352 e. The molecule has 2 amide bonds. The van der Waals surface area contributed by atoms with Crippen LogP contribution in [0.15, 0.2) is 66.7 Å². The maximum Gasteiger partial charge on any atom is 0.244 e. The molecule has 4 rings (SSSR count). The molecule has 3 aromatic carbocycles. The van der Waals surface area contributed by atoms with Gasteiger partial charge in [0.2, 0.25) is 21.8 Å². The SMILES string of the molecule is CS(=O)(=O)N(CC(=O)N(Cc1ccc(Cl)c(Cl)c1)[C@H](Cc1ccccc1)C(=O)NC1CCCC1)c1ccc(Cl)c(Cl)c1. The molecule has 0 aliphatic heterocycles. The second kappa shape index (κ2) is 14.3. The number of carbonyl (C=O) groups is 2. The third kappa shape index (κ3) is 8.54. The fourth-order valence-corrected chi connectivity index (χ4v) is 6.46. The van der Waals surface area contributed by atoms with E-state index in [1.165, 1.54) is 23.1 Å². The van der Waals surface area contributed by atoms with Gasteiger partial charge in [0.25, 0.3) is 0 Å². The first-order chi connectivity index (χ1) is 19.9. The van der Waals surface area contributed by atoms with Gasteiger partial charge >= 0.3 is 0 Å². The fraction of sp³-hybridized carbons (Fsp3) is 0.333. The third-order valence-corrected chi connectivity index (χ3v) is 9.80. The molecular weight excluding hydrogens is 640 g/mol. The summed E-state index contributed by atoms with van der Waals surface area (Å²) in [4.78, 5) is 29.5. The van der Waals surface area contributed by atoms with Crippen molar-refractivity contribution in [3.8, 4) is 0 Å². The predicted molar refractivity (Wildman–Crippen MR) is 170 cm³/mol. The van der Waals surface area contributed by atoms with Crippen LogP contribution in [0.5, 0.6) is 0 Å². The summed E-state index contributed by atoms with van der Waals surface area (Å²) in [6, 6.07) is 17.7. The van der Waals surface area contributed by atoms with Gasteiger partial charge in [-0.1, -0.05) is 95.6 Å². The zero-order valence-corrected chi connectivity index (χ0v) is 26.7. The van der Waals surface area contributed by atoms with Crippen LogP contribution in [0.4, 0.5) is 5.69 Å². The smallest absolute Gasteiger partial charge is 0.244 e. The summed E-state index contributed by atoms with van der Waals surface area (Å²) in [5.74, 6) is -0.889. The first-order valence-corrected chi connectivity index (χ1v) is 16.8. The molecule has 1 aliphatic carbocycles. The summed E-state index contributed by atoms with van der Waals surface area (Å²) in [6.45, 7) is -0.579. The van der Waals surface area contributed by atoms with Gasteiger partial charge in [-0.05, 0) is 54.3 Å². The molecule has 1 aliphatic rings. The Bertz CT molecular complexity index is 1530. The van der Waals surface area contributed by atoms with Crippen molar-refractivity contribution in [1.82, 2.24) is 10.2 Å². The van der Waals surface area contributed by atoms with Crippen LogP contribution in [0, 0.1) is 0 Å². The van der Waals surface area contributed by atoms with E-state index in [0.717, 1.165) is 41.8 Å². The predicted octanol–water partition coefficient (Wildman–Crippen LogP) is 6.77. The van der Waals surface area contributed by atoms with Crippen LogP contribution in [-0.2, 0) is 32.6 Å². The molecule has 1 saturated carbocycles. The molecule has 0 heterocycles. The summed E-state index contributed by atoms with van der Waals surface area (Å²) < 4.78 is 26.8. The van der Waals surface area contributed by atoms with Gasteiger partial charge in [-0.3, -0.25) is 13.9 Å². The fourth-order valence-electron chi connectivity index (χ4n) is 5.01. The van der Waals surface area contributed by atoms with Crippen LogP contribution in [-0.4, -0.2) is 50.0 Å². The van der Waals surface area contributed by atoms with Gasteiger partial charge in [0.1, 0.15) is 12.6 Å². The molecule has 1 fully saturated rings. The zero-order chi connectivity index (χ0) is 30.4. The molecule has 1 atom stereocenters. The Hall–Kier alpha value is -2.49. The van der Waals surface area contributed by atoms with Crippen molar-refractivity contribution in [1.29, 1.82) is 0 Å². The van der Waals surface area contributed by atoms with Crippen molar-refractivity contribution in [2.75, 3.05) is 17.1 Å². The van der Waals surface area contributed by atoms with Crippen LogP contribution in [0.25, 0.3) is 0 Å². The van der Waals surface area contributed by atoms with Crippen molar-refractivity contribution in [2.45, 2.75) is 50.7 Å². The molecule has 1 N–H and O–H groups in total. The van der Waals surface area contributed by atoms with E-state index < -0.39 is 28.5 Å². The molecule has 224 valence electrons. The van der Waals surface area contributed by atoms with E-state index in [1.54, 1.807) is 18.2 Å². The Labute approximate surface area is 266 Å². The lowest BCUT2D eigenvalue weighted by Gasteiger charge is -2.34. The highest BCUT2D eigenvalue weighted by Gasteiger charge is 2.34. The number of hydrogen-bond donors (Lipinski definition) is 1. The molecule has 3 aromatic rings. The minimum absolute atomic E-state index is 0.00964. The number of nitrogens with zero attached hydrogens (tertiary/aromatic N) is 2. The van der Waals surface area contributed by atoms with Crippen molar-refractivity contribution in [2.24, 2.45) is 0 Å². The van der Waals surface area contributed by atoms with E-state index in [-0.39, 0.29) is 40.6 Å².